The van der Waals surface area contributed by atoms with E-state index in [1.54, 1.807) is 62.0 Å². The lowest BCUT2D eigenvalue weighted by atomic mass is 10.1. The Morgan fingerprint density at radius 1 is 0.264 bits per heavy atom. The van der Waals surface area contributed by atoms with E-state index in [1.165, 1.54) is 44.1 Å². The summed E-state index contributed by atoms with van der Waals surface area (Å²) in [5, 5.41) is 6.89. The summed E-state index contributed by atoms with van der Waals surface area (Å²) in [7, 11) is 2.03. The van der Waals surface area contributed by atoms with E-state index >= 15 is 0 Å². The molecule has 0 unspecified atom stereocenters. The van der Waals surface area contributed by atoms with Gasteiger partial charge in [-0.25, -0.2) is 15.0 Å². The second-order valence-corrected chi connectivity index (χ2v) is 17.8. The molecule has 0 bridgehead atoms. The van der Waals surface area contributed by atoms with Gasteiger partial charge in [0.2, 0.25) is 0 Å². The molecule has 14 heteroatoms. The van der Waals surface area contributed by atoms with Crippen LogP contribution >= 0.6 is 0 Å². The molecule has 14 nitrogen and oxygen atoms in total. The number of nitrogens with zero attached hydrogens (tertiary/aromatic N) is 14. The predicted molar refractivity (Wildman–Crippen MR) is 391 cm³/mol. The van der Waals surface area contributed by atoms with Crippen molar-refractivity contribution in [3.63, 3.8) is 0 Å². The van der Waals surface area contributed by atoms with Crippen LogP contribution in [0.15, 0.2) is 208 Å². The van der Waals surface area contributed by atoms with Crippen molar-refractivity contribution < 1.29 is 0 Å². The third-order valence-electron chi connectivity index (χ3n) is 12.4. The average molecular weight is 1220 g/mol. The summed E-state index contributed by atoms with van der Waals surface area (Å²) >= 11 is 0. The average Bonchev–Trinajstić information content (AvgIpc) is 2.08. The van der Waals surface area contributed by atoms with E-state index in [4.69, 9.17) is 0 Å². The number of aromatic nitrogens is 14. The third-order valence-corrected chi connectivity index (χ3v) is 12.4. The number of pyridine rings is 12. The maximum atomic E-state index is 4.38. The van der Waals surface area contributed by atoms with Crippen LogP contribution in [0, 0.1) is 48.5 Å². The normalized spacial score (nSPS) is 9.21. The zero-order valence-electron chi connectivity index (χ0n) is 58.4. The molecule has 0 spiro atoms. The summed E-state index contributed by atoms with van der Waals surface area (Å²) in [6.07, 6.45) is 30.7. The molecular weight excluding hydrogens is 1120 g/mol. The Morgan fingerprint density at radius 3 is 1.34 bits per heavy atom. The largest absolute Gasteiger partial charge is 0.331 e. The molecule has 478 valence electrons. The van der Waals surface area contributed by atoms with Crippen molar-refractivity contribution in [1.29, 1.82) is 0 Å². The minimum Gasteiger partial charge on any atom is -0.331 e. The van der Waals surface area contributed by atoms with Gasteiger partial charge in [-0.05, 0) is 173 Å². The second kappa shape index (κ2) is 47.1. The SMILES string of the molecule is CC.CC.CC.CC.CC.CC.CC.Cc1ccnc2cccnc12.Cc1ccnc2ccncc12.Cc1ccnc2cnccc12.Cc1ccnc2ncccc12.Cc1cncc2cccnc12.Cc1cncc2ccncc12.Cc1nc2ccccc2n1C. The zero-order chi connectivity index (χ0) is 67.9. The maximum Gasteiger partial charge on any atom is 0.159 e. The monoisotopic (exact) mass is 1220 g/mol. The highest BCUT2D eigenvalue weighted by Crippen LogP contribution is 2.18. The fraction of sp³-hybridized carbons (Fsp3) is 0.286. The van der Waals surface area contributed by atoms with E-state index in [1.807, 2.05) is 272 Å². The van der Waals surface area contributed by atoms with Gasteiger partial charge in [0.1, 0.15) is 5.82 Å². The van der Waals surface area contributed by atoms with Crippen LogP contribution in [0.5, 0.6) is 0 Å². The second-order valence-electron chi connectivity index (χ2n) is 17.8. The number of fused-ring (bicyclic) bond motifs is 7. The third kappa shape index (κ3) is 25.2. The van der Waals surface area contributed by atoms with Gasteiger partial charge in [-0.15, -0.1) is 0 Å². The Morgan fingerprint density at radius 2 is 0.736 bits per heavy atom. The first-order valence-corrected chi connectivity index (χ1v) is 31.9. The topological polar surface area (TPSA) is 172 Å². The summed E-state index contributed by atoms with van der Waals surface area (Å²) in [4.78, 5) is 53.9. The minimum absolute atomic E-state index is 0.826. The van der Waals surface area contributed by atoms with E-state index in [-0.39, 0.29) is 0 Å². The summed E-state index contributed by atoms with van der Waals surface area (Å²) in [5.41, 5.74) is 15.3. The quantitative estimate of drug-likeness (QED) is 0.140. The van der Waals surface area contributed by atoms with Crippen LogP contribution < -0.4 is 0 Å². The molecule has 0 aliphatic heterocycles. The Bertz CT molecular complexity index is 3570. The standard InChI is InChI=1S/C9H10N2.6C9H8N2.7C2H6/c1-7-10-8-5-3-4-6-9(8)11(7)2;1-7-2-5-11-9-3-4-10-6-8(7)9;1-7-2-5-11-9-6-10-4-3-8(7)9;1-7-4-11-5-8-2-3-10-6-9(7)8;1-7-4-6-10-8-3-2-5-11-9(7)8;1-7-4-6-11-9-8(7)3-2-5-10-9;1-7-5-10-6-8-3-2-4-11-9(7)8;7*1-2/h3-6H,1-2H3;6*2-6H,1H3;7*1-2H3. The van der Waals surface area contributed by atoms with E-state index in [9.17, 15) is 0 Å². The van der Waals surface area contributed by atoms with Gasteiger partial charge in [0, 0.05) is 139 Å². The van der Waals surface area contributed by atoms with Crippen LogP contribution in [0.1, 0.15) is 136 Å². The number of rotatable bonds is 0. The lowest BCUT2D eigenvalue weighted by Gasteiger charge is -1.97. The van der Waals surface area contributed by atoms with Crippen LogP contribution in [0.3, 0.4) is 0 Å². The Kier molecular flexibility index (Phi) is 40.9. The molecular formula is C77H100N14. The fourth-order valence-electron chi connectivity index (χ4n) is 8.05. The Hall–Kier alpha value is -9.95. The molecule has 13 aromatic heterocycles. The molecule has 0 fully saturated rings. The van der Waals surface area contributed by atoms with Gasteiger partial charge in [-0.1, -0.05) is 109 Å². The summed E-state index contributed by atoms with van der Waals surface area (Å²) in [5.74, 6) is 1.06. The number of imidazole rings is 1. The van der Waals surface area contributed by atoms with E-state index in [0.717, 1.165) is 71.7 Å². The molecule has 0 saturated heterocycles. The van der Waals surface area contributed by atoms with Crippen molar-refractivity contribution >= 4 is 76.6 Å². The highest BCUT2D eigenvalue weighted by atomic mass is 15.0. The number of benzene rings is 1. The first kappa shape index (κ1) is 79.1. The molecule has 0 atom stereocenters. The molecule has 1 aromatic carbocycles. The lowest BCUT2D eigenvalue weighted by Crippen LogP contribution is -1.89. The first-order valence-electron chi connectivity index (χ1n) is 31.9. The van der Waals surface area contributed by atoms with Crippen molar-refractivity contribution in [2.75, 3.05) is 0 Å². The molecule has 0 radical (unpaired) electrons. The van der Waals surface area contributed by atoms with Crippen LogP contribution in [0.2, 0.25) is 0 Å². The molecule has 91 heavy (non-hydrogen) atoms. The van der Waals surface area contributed by atoms with Gasteiger partial charge < -0.3 is 4.57 Å². The lowest BCUT2D eigenvalue weighted by molar-refractivity contribution is 0.886. The van der Waals surface area contributed by atoms with Crippen LogP contribution in [0.4, 0.5) is 0 Å². The van der Waals surface area contributed by atoms with Gasteiger partial charge in [0.05, 0.1) is 44.8 Å². The van der Waals surface area contributed by atoms with Gasteiger partial charge in [0.15, 0.2) is 5.65 Å². The Balaban J connectivity index is 0.000000514. The zero-order valence-corrected chi connectivity index (χ0v) is 58.4. The molecule has 14 aromatic rings. The number of hydrogen-bond donors (Lipinski definition) is 0. The molecule has 0 amide bonds. The van der Waals surface area contributed by atoms with Gasteiger partial charge in [-0.3, -0.25) is 49.8 Å². The van der Waals surface area contributed by atoms with Crippen molar-refractivity contribution in [3.8, 4) is 0 Å². The number of hydrogen-bond acceptors (Lipinski definition) is 13. The van der Waals surface area contributed by atoms with Crippen molar-refractivity contribution in [1.82, 2.24) is 69.4 Å². The van der Waals surface area contributed by atoms with E-state index in [2.05, 4.69) is 96.2 Å². The van der Waals surface area contributed by atoms with Crippen molar-refractivity contribution in [2.45, 2.75) is 145 Å². The summed E-state index contributed by atoms with van der Waals surface area (Å²) < 4.78 is 2.09. The highest BCUT2D eigenvalue weighted by Gasteiger charge is 2.02. The fourth-order valence-corrected chi connectivity index (χ4v) is 8.05. The molecule has 0 N–H and O–H groups in total. The smallest absolute Gasteiger partial charge is 0.159 e. The number of aryl methyl sites for hydroxylation is 8. The summed E-state index contributed by atoms with van der Waals surface area (Å²) in [6.45, 7) is 42.3. The molecule has 13 heterocycles. The highest BCUT2D eigenvalue weighted by molar-refractivity contribution is 5.84. The van der Waals surface area contributed by atoms with Gasteiger partial charge >= 0.3 is 0 Å². The Labute approximate surface area is 543 Å². The molecule has 14 rings (SSSR count). The maximum absolute atomic E-state index is 4.38. The van der Waals surface area contributed by atoms with Gasteiger partial charge in [-0.2, -0.15) is 0 Å². The van der Waals surface area contributed by atoms with Gasteiger partial charge in [0.25, 0.3) is 0 Å². The van der Waals surface area contributed by atoms with Crippen molar-refractivity contribution in [2.24, 2.45) is 7.05 Å². The predicted octanol–water partition coefficient (Wildman–Crippen LogP) is 20.7. The van der Waals surface area contributed by atoms with Crippen LogP contribution in [-0.4, -0.2) is 69.4 Å². The van der Waals surface area contributed by atoms with Crippen LogP contribution in [-0.2, 0) is 7.05 Å². The van der Waals surface area contributed by atoms with Crippen LogP contribution in [0.25, 0.3) is 76.6 Å². The van der Waals surface area contributed by atoms with Crippen molar-refractivity contribution in [3.05, 3.63) is 248 Å². The molecule has 0 saturated carbocycles. The molecule has 0 aliphatic rings. The summed E-state index contributed by atoms with van der Waals surface area (Å²) in [6, 6.07) is 33.7. The van der Waals surface area contributed by atoms with E-state index in [0.29, 0.717) is 0 Å². The minimum atomic E-state index is 0.826. The molecule has 0 aliphatic carbocycles. The van der Waals surface area contributed by atoms with E-state index < -0.39 is 0 Å². The first-order chi connectivity index (χ1) is 44.5. The number of para-hydroxylation sites is 2.